The molecule has 1 aliphatic heterocycles. The van der Waals surface area contributed by atoms with Crippen LogP contribution < -0.4 is 10.6 Å². The van der Waals surface area contributed by atoms with Gasteiger partial charge in [0.2, 0.25) is 0 Å². The Morgan fingerprint density at radius 2 is 1.61 bits per heavy atom. The minimum atomic E-state index is -0.684. The minimum Gasteiger partial charge on any atom is -0.379 e. The molecule has 2 N–H and O–H groups in total. The lowest BCUT2D eigenvalue weighted by Crippen LogP contribution is -2.46. The van der Waals surface area contributed by atoms with Gasteiger partial charge in [-0.3, -0.25) is 14.5 Å². The molecule has 3 rings (SSSR count). The molecule has 0 bridgehead atoms. The van der Waals surface area contributed by atoms with Crippen LogP contribution in [-0.4, -0.2) is 49.6 Å². The summed E-state index contributed by atoms with van der Waals surface area (Å²) in [6, 6.07) is 15.4. The molecule has 2 aromatic rings. The van der Waals surface area contributed by atoms with Crippen LogP contribution in [0.5, 0.6) is 0 Å². The predicted molar refractivity (Wildman–Crippen MR) is 103 cm³/mol. The molecule has 1 heterocycles. The molecule has 1 atom stereocenters. The van der Waals surface area contributed by atoms with Crippen LogP contribution in [0.4, 0.5) is 4.39 Å². The molecule has 2 amide bonds. The van der Waals surface area contributed by atoms with Crippen molar-refractivity contribution in [3.8, 4) is 0 Å². The molecule has 148 valence electrons. The Balaban J connectivity index is 1.58. The molecule has 0 saturated carbocycles. The highest BCUT2D eigenvalue weighted by atomic mass is 19.1. The second-order valence-electron chi connectivity index (χ2n) is 6.59. The molecule has 0 aromatic heterocycles. The van der Waals surface area contributed by atoms with Crippen molar-refractivity contribution in [3.63, 3.8) is 0 Å². The van der Waals surface area contributed by atoms with Crippen molar-refractivity contribution >= 4 is 11.8 Å². The number of hydrogen-bond donors (Lipinski definition) is 2. The number of nitrogens with zero attached hydrogens (tertiary/aromatic N) is 1. The Morgan fingerprint density at radius 1 is 0.964 bits per heavy atom. The molecule has 28 heavy (non-hydrogen) atoms. The lowest BCUT2D eigenvalue weighted by atomic mass is 10.0. The maximum atomic E-state index is 13.3. The second-order valence-corrected chi connectivity index (χ2v) is 6.59. The number of halogens is 1. The average Bonchev–Trinajstić information content (AvgIpc) is 2.74. The monoisotopic (exact) mass is 385 g/mol. The number of rotatable bonds is 6. The van der Waals surface area contributed by atoms with Gasteiger partial charge < -0.3 is 15.4 Å². The predicted octanol–water partition coefficient (Wildman–Crippen LogP) is 1.63. The Kier molecular flexibility index (Phi) is 7.11. The summed E-state index contributed by atoms with van der Waals surface area (Å²) in [6.07, 6.45) is 0. The van der Waals surface area contributed by atoms with Gasteiger partial charge in [0.1, 0.15) is 5.82 Å². The van der Waals surface area contributed by atoms with Gasteiger partial charge in [-0.25, -0.2) is 4.39 Å². The van der Waals surface area contributed by atoms with Crippen molar-refractivity contribution in [2.24, 2.45) is 0 Å². The lowest BCUT2D eigenvalue weighted by molar-refractivity contribution is -0.139. The van der Waals surface area contributed by atoms with Gasteiger partial charge in [0.25, 0.3) is 0 Å². The van der Waals surface area contributed by atoms with Crippen LogP contribution in [0.1, 0.15) is 17.2 Å². The molecule has 1 unspecified atom stereocenters. The van der Waals surface area contributed by atoms with Gasteiger partial charge in [0, 0.05) is 26.2 Å². The van der Waals surface area contributed by atoms with Crippen LogP contribution in [0, 0.1) is 5.82 Å². The van der Waals surface area contributed by atoms with Crippen molar-refractivity contribution in [3.05, 3.63) is 71.5 Å². The van der Waals surface area contributed by atoms with Crippen LogP contribution in [0.2, 0.25) is 0 Å². The van der Waals surface area contributed by atoms with Crippen molar-refractivity contribution < 1.29 is 18.7 Å². The molecule has 1 fully saturated rings. The standard InChI is InChI=1S/C21H24FN3O3/c22-18-8-6-17(7-9-18)19(25-10-12-28-13-11-25)15-24-21(27)20(26)23-14-16-4-2-1-3-5-16/h1-9,19H,10-15H2,(H,23,26)(H,24,27). The van der Waals surface area contributed by atoms with Gasteiger partial charge in [-0.1, -0.05) is 42.5 Å². The van der Waals surface area contributed by atoms with E-state index in [1.54, 1.807) is 12.1 Å². The quantitative estimate of drug-likeness (QED) is 0.742. The third-order valence-electron chi connectivity index (χ3n) is 4.70. The Morgan fingerprint density at radius 3 is 2.29 bits per heavy atom. The van der Waals surface area contributed by atoms with E-state index in [4.69, 9.17) is 4.74 Å². The second kappa shape index (κ2) is 9.96. The number of morpholine rings is 1. The molecule has 0 spiro atoms. The number of carbonyl (C=O) groups excluding carboxylic acids is 2. The lowest BCUT2D eigenvalue weighted by Gasteiger charge is -2.34. The molecular weight excluding hydrogens is 361 g/mol. The summed E-state index contributed by atoms with van der Waals surface area (Å²) in [4.78, 5) is 26.5. The number of ether oxygens (including phenoxy) is 1. The van der Waals surface area contributed by atoms with E-state index in [9.17, 15) is 14.0 Å². The largest absolute Gasteiger partial charge is 0.379 e. The smallest absolute Gasteiger partial charge is 0.309 e. The molecule has 0 radical (unpaired) electrons. The number of benzene rings is 2. The van der Waals surface area contributed by atoms with E-state index in [0.29, 0.717) is 26.3 Å². The van der Waals surface area contributed by atoms with Crippen molar-refractivity contribution in [1.29, 1.82) is 0 Å². The van der Waals surface area contributed by atoms with Gasteiger partial charge in [-0.05, 0) is 23.3 Å². The number of nitrogens with one attached hydrogen (secondary N) is 2. The third-order valence-corrected chi connectivity index (χ3v) is 4.70. The third kappa shape index (κ3) is 5.61. The van der Waals surface area contributed by atoms with E-state index in [2.05, 4.69) is 15.5 Å². The normalized spacial score (nSPS) is 15.6. The highest BCUT2D eigenvalue weighted by molar-refractivity contribution is 6.35. The minimum absolute atomic E-state index is 0.157. The first-order valence-electron chi connectivity index (χ1n) is 9.30. The molecular formula is C21H24FN3O3. The summed E-state index contributed by atoms with van der Waals surface area (Å²) in [5, 5.41) is 5.32. The highest BCUT2D eigenvalue weighted by Gasteiger charge is 2.24. The van der Waals surface area contributed by atoms with Gasteiger partial charge in [0.05, 0.1) is 19.3 Å². The first-order chi connectivity index (χ1) is 13.6. The summed E-state index contributed by atoms with van der Waals surface area (Å²) >= 11 is 0. The SMILES string of the molecule is O=C(NCc1ccccc1)C(=O)NCC(c1ccc(F)cc1)N1CCOCC1. The zero-order chi connectivity index (χ0) is 19.8. The molecule has 2 aromatic carbocycles. The van der Waals surface area contributed by atoms with E-state index in [1.165, 1.54) is 12.1 Å². The van der Waals surface area contributed by atoms with Crippen LogP contribution >= 0.6 is 0 Å². The van der Waals surface area contributed by atoms with E-state index in [1.807, 2.05) is 30.3 Å². The molecule has 0 aliphatic carbocycles. The van der Waals surface area contributed by atoms with E-state index < -0.39 is 11.8 Å². The van der Waals surface area contributed by atoms with Gasteiger partial charge in [0.15, 0.2) is 0 Å². The fourth-order valence-electron chi connectivity index (χ4n) is 3.16. The van der Waals surface area contributed by atoms with E-state index >= 15 is 0 Å². The number of amides is 2. The summed E-state index contributed by atoms with van der Waals surface area (Å²) < 4.78 is 18.7. The van der Waals surface area contributed by atoms with Crippen LogP contribution in [0.3, 0.4) is 0 Å². The Hall–Kier alpha value is -2.77. The zero-order valence-electron chi connectivity index (χ0n) is 15.6. The average molecular weight is 385 g/mol. The van der Waals surface area contributed by atoms with E-state index in [0.717, 1.165) is 11.1 Å². The maximum Gasteiger partial charge on any atom is 0.309 e. The highest BCUT2D eigenvalue weighted by Crippen LogP contribution is 2.21. The molecule has 6 nitrogen and oxygen atoms in total. The summed E-state index contributed by atoms with van der Waals surface area (Å²) in [5.41, 5.74) is 1.80. The number of hydrogen-bond acceptors (Lipinski definition) is 4. The summed E-state index contributed by atoms with van der Waals surface area (Å²) in [7, 11) is 0. The van der Waals surface area contributed by atoms with Crippen LogP contribution in [0.25, 0.3) is 0 Å². The molecule has 1 aliphatic rings. The van der Waals surface area contributed by atoms with E-state index in [-0.39, 0.29) is 24.9 Å². The van der Waals surface area contributed by atoms with Crippen molar-refractivity contribution in [2.75, 3.05) is 32.8 Å². The molecule has 7 heteroatoms. The topological polar surface area (TPSA) is 70.7 Å². The van der Waals surface area contributed by atoms with Crippen LogP contribution in [0.15, 0.2) is 54.6 Å². The molecule has 1 saturated heterocycles. The summed E-state index contributed by atoms with van der Waals surface area (Å²) in [5.74, 6) is -1.67. The first kappa shape index (κ1) is 20.0. The fourth-order valence-corrected chi connectivity index (χ4v) is 3.16. The fraction of sp³-hybridized carbons (Fsp3) is 0.333. The first-order valence-corrected chi connectivity index (χ1v) is 9.30. The Bertz CT molecular complexity index is 777. The van der Waals surface area contributed by atoms with Crippen molar-refractivity contribution in [1.82, 2.24) is 15.5 Å². The van der Waals surface area contributed by atoms with Gasteiger partial charge in [-0.15, -0.1) is 0 Å². The van der Waals surface area contributed by atoms with Gasteiger partial charge in [-0.2, -0.15) is 0 Å². The summed E-state index contributed by atoms with van der Waals surface area (Å²) in [6.45, 7) is 3.16. The maximum absolute atomic E-state index is 13.3. The number of carbonyl (C=O) groups is 2. The zero-order valence-corrected chi connectivity index (χ0v) is 15.6. The van der Waals surface area contributed by atoms with Gasteiger partial charge >= 0.3 is 11.8 Å². The van der Waals surface area contributed by atoms with Crippen molar-refractivity contribution in [2.45, 2.75) is 12.6 Å². The van der Waals surface area contributed by atoms with Crippen LogP contribution in [-0.2, 0) is 20.9 Å². The Labute approximate surface area is 163 Å².